The van der Waals surface area contributed by atoms with Gasteiger partial charge in [0.25, 0.3) is 5.69 Å². The molecule has 1 atom stereocenters. The van der Waals surface area contributed by atoms with Crippen molar-refractivity contribution in [1.29, 1.82) is 0 Å². The van der Waals surface area contributed by atoms with E-state index >= 15 is 0 Å². The van der Waals surface area contributed by atoms with Gasteiger partial charge >= 0.3 is 0 Å². The Morgan fingerprint density at radius 2 is 2.28 bits per heavy atom. The second kappa shape index (κ2) is 6.15. The first-order valence-electron chi connectivity index (χ1n) is 5.67. The average molecular weight is 254 g/mol. The fraction of sp³-hybridized carbons (Fsp3) is 0.545. The quantitative estimate of drug-likeness (QED) is 0.609. The Balaban J connectivity index is 3.09. The number of methoxy groups -OCH3 is 1. The molecule has 2 N–H and O–H groups in total. The van der Waals surface area contributed by atoms with Crippen molar-refractivity contribution in [2.24, 2.45) is 0 Å². The molecule has 0 saturated heterocycles. The number of hydrogen-bond donors (Lipinski definition) is 1. The number of aromatic nitrogens is 1. The van der Waals surface area contributed by atoms with Gasteiger partial charge in [-0.2, -0.15) is 0 Å². The van der Waals surface area contributed by atoms with E-state index in [-0.39, 0.29) is 17.5 Å². The molecule has 7 nitrogen and oxygen atoms in total. The van der Waals surface area contributed by atoms with Gasteiger partial charge in [-0.3, -0.25) is 10.1 Å². The molecular weight excluding hydrogens is 236 g/mol. The summed E-state index contributed by atoms with van der Waals surface area (Å²) in [5.41, 5.74) is 5.54. The Bertz CT molecular complexity index is 425. The Kier molecular flexibility index (Phi) is 4.85. The summed E-state index contributed by atoms with van der Waals surface area (Å²) in [6.45, 7) is 5.09. The van der Waals surface area contributed by atoms with E-state index < -0.39 is 4.92 Å². The molecule has 0 saturated carbocycles. The van der Waals surface area contributed by atoms with Gasteiger partial charge < -0.3 is 15.4 Å². The smallest absolute Gasteiger partial charge is 0.276 e. The van der Waals surface area contributed by atoms with Gasteiger partial charge in [0.05, 0.1) is 29.7 Å². The molecule has 1 rings (SSSR count). The molecule has 100 valence electrons. The molecule has 0 aliphatic carbocycles. The van der Waals surface area contributed by atoms with Crippen LogP contribution in [-0.4, -0.2) is 36.2 Å². The van der Waals surface area contributed by atoms with E-state index in [1.807, 2.05) is 18.7 Å². The van der Waals surface area contributed by atoms with E-state index in [0.717, 1.165) is 0 Å². The number of nitrogens with zero attached hydrogens (tertiary/aromatic N) is 3. The molecule has 18 heavy (non-hydrogen) atoms. The predicted molar refractivity (Wildman–Crippen MR) is 69.7 cm³/mol. The molecule has 1 aromatic heterocycles. The van der Waals surface area contributed by atoms with Crippen LogP contribution < -0.4 is 10.6 Å². The number of pyridine rings is 1. The van der Waals surface area contributed by atoms with Crippen molar-refractivity contribution < 1.29 is 9.66 Å². The van der Waals surface area contributed by atoms with E-state index in [9.17, 15) is 10.1 Å². The first-order chi connectivity index (χ1) is 8.49. The Morgan fingerprint density at radius 3 is 2.78 bits per heavy atom. The zero-order chi connectivity index (χ0) is 13.7. The maximum absolute atomic E-state index is 10.8. The number of anilines is 2. The number of ether oxygens (including phenoxy) is 1. The third-order valence-electron chi connectivity index (χ3n) is 2.60. The van der Waals surface area contributed by atoms with Gasteiger partial charge in [-0.15, -0.1) is 0 Å². The van der Waals surface area contributed by atoms with Crippen LogP contribution >= 0.6 is 0 Å². The highest BCUT2D eigenvalue weighted by molar-refractivity contribution is 5.54. The topological polar surface area (TPSA) is 94.5 Å². The zero-order valence-electron chi connectivity index (χ0n) is 10.8. The summed E-state index contributed by atoms with van der Waals surface area (Å²) in [6, 6.07) is 2.73. The van der Waals surface area contributed by atoms with E-state index in [2.05, 4.69) is 4.98 Å². The maximum Gasteiger partial charge on any atom is 0.276 e. The van der Waals surface area contributed by atoms with Crippen molar-refractivity contribution in [3.63, 3.8) is 0 Å². The highest BCUT2D eigenvalue weighted by Crippen LogP contribution is 2.23. The summed E-state index contributed by atoms with van der Waals surface area (Å²) < 4.78 is 5.08. The molecule has 0 spiro atoms. The fourth-order valence-electron chi connectivity index (χ4n) is 1.81. The van der Waals surface area contributed by atoms with E-state index in [4.69, 9.17) is 10.5 Å². The molecule has 0 amide bonds. The molecule has 0 aliphatic heterocycles. The molecule has 1 aromatic rings. The van der Waals surface area contributed by atoms with Crippen molar-refractivity contribution in [2.45, 2.75) is 19.9 Å². The maximum atomic E-state index is 10.8. The van der Waals surface area contributed by atoms with Crippen LogP contribution in [0.3, 0.4) is 0 Å². The Labute approximate surface area is 106 Å². The van der Waals surface area contributed by atoms with Crippen molar-refractivity contribution in [1.82, 2.24) is 4.98 Å². The molecule has 0 bridgehead atoms. The summed E-state index contributed by atoms with van der Waals surface area (Å²) >= 11 is 0. The minimum absolute atomic E-state index is 0.0550. The van der Waals surface area contributed by atoms with Crippen molar-refractivity contribution >= 4 is 17.3 Å². The number of likely N-dealkylation sites (N-methyl/N-ethyl adjacent to an activating group) is 1. The summed E-state index contributed by atoms with van der Waals surface area (Å²) in [5.74, 6) is 0.635. The fourth-order valence-corrected chi connectivity index (χ4v) is 1.81. The zero-order valence-corrected chi connectivity index (χ0v) is 10.8. The van der Waals surface area contributed by atoms with Crippen LogP contribution in [0.2, 0.25) is 0 Å². The Morgan fingerprint density at radius 1 is 1.61 bits per heavy atom. The molecule has 0 aliphatic rings. The average Bonchev–Trinajstić information content (AvgIpc) is 2.29. The third-order valence-corrected chi connectivity index (χ3v) is 2.60. The Hall–Kier alpha value is -1.89. The van der Waals surface area contributed by atoms with Gasteiger partial charge in [0, 0.05) is 13.7 Å². The summed E-state index contributed by atoms with van der Waals surface area (Å²) in [4.78, 5) is 16.4. The van der Waals surface area contributed by atoms with Crippen molar-refractivity contribution in [3.05, 3.63) is 22.2 Å². The first kappa shape index (κ1) is 14.2. The third kappa shape index (κ3) is 3.30. The lowest BCUT2D eigenvalue weighted by atomic mass is 10.2. The van der Waals surface area contributed by atoms with E-state index in [1.54, 1.807) is 7.11 Å². The molecule has 0 radical (unpaired) electrons. The standard InChI is InChI=1S/C11H18N4O3/c1-4-14(8(2)7-18-3)11-6-9(15(16)17)5-10(12)13-11/h5-6,8H,4,7H2,1-3H3,(H2,12,13). The van der Waals surface area contributed by atoms with Crippen LogP contribution in [0.1, 0.15) is 13.8 Å². The lowest BCUT2D eigenvalue weighted by Gasteiger charge is -2.28. The van der Waals surface area contributed by atoms with Gasteiger partial charge in [0.1, 0.15) is 11.6 Å². The van der Waals surface area contributed by atoms with Crippen molar-refractivity contribution in [2.75, 3.05) is 30.9 Å². The van der Waals surface area contributed by atoms with Crippen LogP contribution in [0.15, 0.2) is 12.1 Å². The monoisotopic (exact) mass is 254 g/mol. The summed E-state index contributed by atoms with van der Waals surface area (Å²) in [6.07, 6.45) is 0. The number of nitro groups is 1. The van der Waals surface area contributed by atoms with Gasteiger partial charge in [-0.25, -0.2) is 4.98 Å². The molecule has 1 heterocycles. The van der Waals surface area contributed by atoms with Crippen LogP contribution in [0.4, 0.5) is 17.3 Å². The first-order valence-corrected chi connectivity index (χ1v) is 5.67. The normalized spacial score (nSPS) is 12.2. The van der Waals surface area contributed by atoms with Crippen LogP contribution in [0, 0.1) is 10.1 Å². The number of hydrogen-bond acceptors (Lipinski definition) is 6. The highest BCUT2D eigenvalue weighted by Gasteiger charge is 2.18. The van der Waals surface area contributed by atoms with E-state index in [0.29, 0.717) is 19.0 Å². The van der Waals surface area contributed by atoms with Crippen LogP contribution in [0.5, 0.6) is 0 Å². The highest BCUT2D eigenvalue weighted by atomic mass is 16.6. The molecule has 0 fully saturated rings. The molecule has 7 heteroatoms. The van der Waals surface area contributed by atoms with Gasteiger partial charge in [-0.05, 0) is 13.8 Å². The van der Waals surface area contributed by atoms with Crippen molar-refractivity contribution in [3.8, 4) is 0 Å². The minimum atomic E-state index is -0.476. The van der Waals surface area contributed by atoms with Crippen LogP contribution in [-0.2, 0) is 4.74 Å². The SMILES string of the molecule is CCN(c1cc([N+](=O)[O-])cc(N)n1)C(C)COC. The van der Waals surface area contributed by atoms with E-state index in [1.165, 1.54) is 12.1 Å². The molecule has 0 aromatic carbocycles. The second-order valence-corrected chi connectivity index (χ2v) is 3.96. The minimum Gasteiger partial charge on any atom is -0.383 e. The number of nitrogen functional groups attached to an aromatic ring is 1. The lowest BCUT2D eigenvalue weighted by Crippen LogP contribution is -2.36. The summed E-state index contributed by atoms with van der Waals surface area (Å²) in [7, 11) is 1.61. The predicted octanol–water partition coefficient (Wildman–Crippen LogP) is 1.43. The second-order valence-electron chi connectivity index (χ2n) is 3.96. The van der Waals surface area contributed by atoms with Crippen LogP contribution in [0.25, 0.3) is 0 Å². The van der Waals surface area contributed by atoms with Gasteiger partial charge in [-0.1, -0.05) is 0 Å². The van der Waals surface area contributed by atoms with Gasteiger partial charge in [0.2, 0.25) is 0 Å². The molecule has 1 unspecified atom stereocenters. The van der Waals surface area contributed by atoms with Gasteiger partial charge in [0.15, 0.2) is 0 Å². The summed E-state index contributed by atoms with van der Waals surface area (Å²) in [5, 5.41) is 10.8. The molecular formula is C11H18N4O3. The largest absolute Gasteiger partial charge is 0.383 e. The lowest BCUT2D eigenvalue weighted by molar-refractivity contribution is -0.384. The number of nitrogens with two attached hydrogens (primary N) is 1. The number of rotatable bonds is 6.